The number of halogens is 4. The second-order valence-electron chi connectivity index (χ2n) is 8.50. The van der Waals surface area contributed by atoms with Gasteiger partial charge in [0.15, 0.2) is 0 Å². The van der Waals surface area contributed by atoms with E-state index >= 15 is 4.39 Å². The average Bonchev–Trinajstić information content (AvgIpc) is 3.08. The number of likely N-dealkylation sites (tertiary alicyclic amines) is 1. The molecule has 1 fully saturated rings. The third-order valence-corrected chi connectivity index (χ3v) is 6.44. The molecule has 11 heteroatoms. The minimum absolute atomic E-state index is 0.0302. The summed E-state index contributed by atoms with van der Waals surface area (Å²) < 4.78 is 81.4. The van der Waals surface area contributed by atoms with E-state index in [9.17, 15) is 31.5 Å². The number of rotatable bonds is 7. The van der Waals surface area contributed by atoms with E-state index in [0.717, 1.165) is 12.1 Å². The Bertz CT molecular complexity index is 1130. The molecule has 0 saturated carbocycles. The molecule has 3 rings (SSSR count). The number of carbonyl (C=O) groups is 1. The third kappa shape index (κ3) is 5.71. The van der Waals surface area contributed by atoms with E-state index in [1.165, 1.54) is 36.9 Å². The molecule has 1 amide bonds. The van der Waals surface area contributed by atoms with Gasteiger partial charge in [-0.2, -0.15) is 0 Å². The number of hydrogen-bond acceptors (Lipinski definition) is 4. The summed E-state index contributed by atoms with van der Waals surface area (Å²) in [5.41, 5.74) is -1.82. The minimum atomic E-state index is -4.28. The van der Waals surface area contributed by atoms with E-state index in [1.54, 1.807) is 0 Å². The number of alkyl halides is 1. The van der Waals surface area contributed by atoms with Gasteiger partial charge in [0.25, 0.3) is 5.91 Å². The number of hydrogen-bond donors (Lipinski definition) is 2. The number of carbonyl (C=O) groups excluding carboxylic acids is 1. The Kier molecular flexibility index (Phi) is 7.15. The van der Waals surface area contributed by atoms with Gasteiger partial charge >= 0.3 is 0 Å². The second kappa shape index (κ2) is 9.40. The molecule has 0 radical (unpaired) electrons. The number of amides is 1. The molecule has 0 unspecified atom stereocenters. The Morgan fingerprint density at radius 2 is 1.82 bits per heavy atom. The second-order valence-corrected chi connectivity index (χ2v) is 10.2. The zero-order chi connectivity index (χ0) is 24.6. The van der Waals surface area contributed by atoms with Crippen LogP contribution in [0, 0.1) is 17.5 Å². The molecule has 1 aliphatic rings. The summed E-state index contributed by atoms with van der Waals surface area (Å²) in [4.78, 5) is 14.0. The summed E-state index contributed by atoms with van der Waals surface area (Å²) in [5.74, 6) is -3.25. The Hall–Kier alpha value is -2.50. The molecule has 1 heterocycles. The maximum Gasteiger partial charge on any atom is 0.254 e. The lowest BCUT2D eigenvalue weighted by atomic mass is 9.95. The van der Waals surface area contributed by atoms with Crippen LogP contribution >= 0.6 is 0 Å². The van der Waals surface area contributed by atoms with Crippen molar-refractivity contribution in [2.75, 3.05) is 12.6 Å². The number of nitrogens with zero attached hydrogens (tertiary/aromatic N) is 1. The fourth-order valence-electron chi connectivity index (χ4n) is 4.00. The first-order valence-corrected chi connectivity index (χ1v) is 11.8. The van der Waals surface area contributed by atoms with Crippen LogP contribution < -0.4 is 4.72 Å². The SMILES string of the molecule is CC(C)(O)C(=O)N1CC[C@H](NS(=O)(=O)CF)[C@@H]1Cc1cccc(-c2cc(F)cc(F)c2)c1F. The van der Waals surface area contributed by atoms with Crippen LogP contribution in [-0.4, -0.2) is 54.6 Å². The maximum absolute atomic E-state index is 15.4. The largest absolute Gasteiger partial charge is 0.381 e. The quantitative estimate of drug-likeness (QED) is 0.587. The Morgan fingerprint density at radius 3 is 2.39 bits per heavy atom. The molecule has 2 atom stereocenters. The summed E-state index contributed by atoms with van der Waals surface area (Å²) in [6.45, 7) is 2.60. The van der Waals surface area contributed by atoms with Crippen LogP contribution in [0.1, 0.15) is 25.8 Å². The van der Waals surface area contributed by atoms with Gasteiger partial charge in [0, 0.05) is 24.2 Å². The molecular formula is C22H24F4N2O4S. The molecule has 33 heavy (non-hydrogen) atoms. The van der Waals surface area contributed by atoms with Crippen LogP contribution in [0.25, 0.3) is 11.1 Å². The van der Waals surface area contributed by atoms with E-state index in [4.69, 9.17) is 0 Å². The predicted octanol–water partition coefficient (Wildman–Crippen LogP) is 2.90. The van der Waals surface area contributed by atoms with Crippen LogP contribution in [0.15, 0.2) is 36.4 Å². The van der Waals surface area contributed by atoms with Gasteiger partial charge in [-0.25, -0.2) is 30.7 Å². The average molecular weight is 489 g/mol. The molecule has 6 nitrogen and oxygen atoms in total. The molecule has 0 aliphatic carbocycles. The number of benzene rings is 2. The molecule has 2 N–H and O–H groups in total. The fourth-order valence-corrected chi connectivity index (χ4v) is 4.80. The topological polar surface area (TPSA) is 86.7 Å². The van der Waals surface area contributed by atoms with Gasteiger partial charge in [0.05, 0.1) is 6.04 Å². The van der Waals surface area contributed by atoms with E-state index < -0.39 is 57.1 Å². The van der Waals surface area contributed by atoms with Crippen molar-refractivity contribution >= 4 is 15.9 Å². The van der Waals surface area contributed by atoms with Gasteiger partial charge in [-0.15, -0.1) is 0 Å². The van der Waals surface area contributed by atoms with E-state index in [1.807, 2.05) is 0 Å². The summed E-state index contributed by atoms with van der Waals surface area (Å²) in [6, 6.07) is 3.30. The van der Waals surface area contributed by atoms with Crippen LogP contribution in [0.2, 0.25) is 0 Å². The van der Waals surface area contributed by atoms with Gasteiger partial charge < -0.3 is 10.0 Å². The fraction of sp³-hybridized carbons (Fsp3) is 0.409. The van der Waals surface area contributed by atoms with E-state index in [2.05, 4.69) is 4.72 Å². The molecule has 0 bridgehead atoms. The molecular weight excluding hydrogens is 464 g/mol. The Labute approximate surface area is 189 Å². The third-order valence-electron chi connectivity index (χ3n) is 5.49. The highest BCUT2D eigenvalue weighted by molar-refractivity contribution is 7.89. The summed E-state index contributed by atoms with van der Waals surface area (Å²) in [7, 11) is -4.28. The molecule has 0 spiro atoms. The maximum atomic E-state index is 15.4. The zero-order valence-corrected chi connectivity index (χ0v) is 18.8. The van der Waals surface area contributed by atoms with Gasteiger partial charge in [0.1, 0.15) is 23.1 Å². The van der Waals surface area contributed by atoms with Crippen LogP contribution in [0.5, 0.6) is 0 Å². The zero-order valence-electron chi connectivity index (χ0n) is 18.0. The van der Waals surface area contributed by atoms with Gasteiger partial charge in [-0.05, 0) is 49.9 Å². The van der Waals surface area contributed by atoms with Crippen molar-refractivity contribution in [2.24, 2.45) is 0 Å². The van der Waals surface area contributed by atoms with Crippen molar-refractivity contribution in [1.82, 2.24) is 9.62 Å². The minimum Gasteiger partial charge on any atom is -0.381 e. The summed E-state index contributed by atoms with van der Waals surface area (Å²) >= 11 is 0. The van der Waals surface area contributed by atoms with Crippen LogP contribution in [0.3, 0.4) is 0 Å². The molecule has 0 aromatic heterocycles. The molecule has 2 aromatic rings. The number of nitrogens with one attached hydrogen (secondary N) is 1. The smallest absolute Gasteiger partial charge is 0.254 e. The monoisotopic (exact) mass is 488 g/mol. The highest BCUT2D eigenvalue weighted by Crippen LogP contribution is 2.30. The van der Waals surface area contributed by atoms with E-state index in [-0.39, 0.29) is 36.1 Å². The first-order chi connectivity index (χ1) is 15.3. The van der Waals surface area contributed by atoms with Crippen molar-refractivity contribution in [3.05, 3.63) is 59.4 Å². The lowest BCUT2D eigenvalue weighted by molar-refractivity contribution is -0.148. The molecule has 1 saturated heterocycles. The standard InChI is InChI=1S/C22H24F4N2O4S/c1-22(2,30)21(29)28-7-6-18(27-33(31,32)12-23)19(28)10-13-4-3-5-17(20(13)26)14-8-15(24)11-16(25)9-14/h3-5,8-9,11,18-19,27,30H,6-7,10,12H2,1-2H3/t18-,19-/m0/s1. The number of aliphatic hydroxyl groups is 1. The number of sulfonamides is 1. The van der Waals surface area contributed by atoms with Crippen molar-refractivity contribution in [3.8, 4) is 11.1 Å². The molecule has 180 valence electrons. The first kappa shape index (κ1) is 25.1. The van der Waals surface area contributed by atoms with Crippen LogP contribution in [-0.2, 0) is 21.2 Å². The predicted molar refractivity (Wildman–Crippen MR) is 114 cm³/mol. The Morgan fingerprint density at radius 1 is 1.18 bits per heavy atom. The van der Waals surface area contributed by atoms with Crippen molar-refractivity contribution in [2.45, 2.75) is 44.4 Å². The summed E-state index contributed by atoms with van der Waals surface area (Å²) in [6.07, 6.45) is -0.0547. The van der Waals surface area contributed by atoms with Gasteiger partial charge in [-0.1, -0.05) is 18.2 Å². The van der Waals surface area contributed by atoms with Crippen molar-refractivity contribution < 1.29 is 35.9 Å². The molecule has 2 aromatic carbocycles. The first-order valence-electron chi connectivity index (χ1n) is 10.2. The van der Waals surface area contributed by atoms with E-state index in [0.29, 0.717) is 6.07 Å². The summed E-state index contributed by atoms with van der Waals surface area (Å²) in [5, 5.41) is 10.2. The van der Waals surface area contributed by atoms with Gasteiger partial charge in [-0.3, -0.25) is 4.79 Å². The highest BCUT2D eigenvalue weighted by Gasteiger charge is 2.43. The lowest BCUT2D eigenvalue weighted by Crippen LogP contribution is -2.52. The normalized spacial score (nSPS) is 19.2. The van der Waals surface area contributed by atoms with Crippen molar-refractivity contribution in [3.63, 3.8) is 0 Å². The van der Waals surface area contributed by atoms with Crippen molar-refractivity contribution in [1.29, 1.82) is 0 Å². The van der Waals surface area contributed by atoms with Gasteiger partial charge in [0.2, 0.25) is 16.0 Å². The lowest BCUT2D eigenvalue weighted by Gasteiger charge is -2.32. The highest BCUT2D eigenvalue weighted by atomic mass is 32.2. The van der Waals surface area contributed by atoms with Crippen LogP contribution in [0.4, 0.5) is 17.6 Å². The molecule has 1 aliphatic heterocycles. The Balaban J connectivity index is 2.00.